The molecule has 5 heteroatoms. The molecule has 2 aromatic rings. The van der Waals surface area contributed by atoms with E-state index >= 15 is 0 Å². The smallest absolute Gasteiger partial charge is 0.203 e. The molecule has 0 saturated carbocycles. The molecule has 1 heterocycles. The topological polar surface area (TPSA) is 52.6 Å². The van der Waals surface area contributed by atoms with Crippen LogP contribution in [0.15, 0.2) is 36.5 Å². The standard InChI is InChI=1S/C16H20N2O3/c1-17-10-12-8-14(19-2)16(15(9-12)20-3)21-11-13-6-4-5-7-18-13/h4-9,17H,10-11H2,1-3H3. The molecule has 5 nitrogen and oxygen atoms in total. The van der Waals surface area contributed by atoms with Crippen LogP contribution in [0.1, 0.15) is 11.3 Å². The number of pyridine rings is 1. The summed E-state index contributed by atoms with van der Waals surface area (Å²) in [5.41, 5.74) is 1.91. The first-order chi connectivity index (χ1) is 10.3. The van der Waals surface area contributed by atoms with Gasteiger partial charge < -0.3 is 19.5 Å². The monoisotopic (exact) mass is 288 g/mol. The summed E-state index contributed by atoms with van der Waals surface area (Å²) >= 11 is 0. The predicted octanol–water partition coefficient (Wildman–Crippen LogP) is 2.40. The molecular formula is C16H20N2O3. The maximum atomic E-state index is 5.84. The van der Waals surface area contributed by atoms with E-state index in [9.17, 15) is 0 Å². The summed E-state index contributed by atoms with van der Waals surface area (Å²) in [6.45, 7) is 1.09. The van der Waals surface area contributed by atoms with Gasteiger partial charge in [-0.15, -0.1) is 0 Å². The Kier molecular flexibility index (Phi) is 5.40. The van der Waals surface area contributed by atoms with Gasteiger partial charge in [0, 0.05) is 12.7 Å². The Morgan fingerprint density at radius 2 is 1.81 bits per heavy atom. The third kappa shape index (κ3) is 3.86. The summed E-state index contributed by atoms with van der Waals surface area (Å²) in [5, 5.41) is 3.10. The largest absolute Gasteiger partial charge is 0.493 e. The Hall–Kier alpha value is -2.27. The summed E-state index contributed by atoms with van der Waals surface area (Å²) in [4.78, 5) is 4.24. The maximum absolute atomic E-state index is 5.84. The molecule has 112 valence electrons. The highest BCUT2D eigenvalue weighted by Gasteiger charge is 2.14. The van der Waals surface area contributed by atoms with Crippen molar-refractivity contribution in [3.63, 3.8) is 0 Å². The van der Waals surface area contributed by atoms with Crippen LogP contribution < -0.4 is 19.5 Å². The number of nitrogens with one attached hydrogen (secondary N) is 1. The van der Waals surface area contributed by atoms with Crippen molar-refractivity contribution in [3.8, 4) is 17.2 Å². The minimum absolute atomic E-state index is 0.360. The Bertz CT molecular complexity index is 548. The van der Waals surface area contributed by atoms with Crippen LogP contribution >= 0.6 is 0 Å². The number of rotatable bonds is 7. The normalized spacial score (nSPS) is 10.2. The zero-order valence-electron chi connectivity index (χ0n) is 12.6. The Morgan fingerprint density at radius 1 is 1.10 bits per heavy atom. The predicted molar refractivity (Wildman–Crippen MR) is 80.9 cm³/mol. The van der Waals surface area contributed by atoms with Gasteiger partial charge in [0.1, 0.15) is 6.61 Å². The number of hydrogen-bond donors (Lipinski definition) is 1. The number of aromatic nitrogens is 1. The van der Waals surface area contributed by atoms with Gasteiger partial charge in [0.15, 0.2) is 11.5 Å². The molecule has 0 aliphatic carbocycles. The Morgan fingerprint density at radius 3 is 2.33 bits per heavy atom. The van der Waals surface area contributed by atoms with Gasteiger partial charge in [-0.1, -0.05) is 6.07 Å². The Labute approximate surface area is 124 Å². The van der Waals surface area contributed by atoms with Gasteiger partial charge in [-0.2, -0.15) is 0 Å². The van der Waals surface area contributed by atoms with Crippen LogP contribution in [0.4, 0.5) is 0 Å². The first-order valence-electron chi connectivity index (χ1n) is 6.70. The SMILES string of the molecule is CNCc1cc(OC)c(OCc2ccccn2)c(OC)c1. The average molecular weight is 288 g/mol. The molecule has 0 amide bonds. The summed E-state index contributed by atoms with van der Waals surface area (Å²) < 4.78 is 16.7. The van der Waals surface area contributed by atoms with Crippen LogP contribution in [0.5, 0.6) is 17.2 Å². The van der Waals surface area contributed by atoms with Gasteiger partial charge in [0.2, 0.25) is 5.75 Å². The van der Waals surface area contributed by atoms with E-state index in [2.05, 4.69) is 10.3 Å². The van der Waals surface area contributed by atoms with Crippen LogP contribution in [0.2, 0.25) is 0 Å². The highest BCUT2D eigenvalue weighted by molar-refractivity contribution is 5.53. The van der Waals surface area contributed by atoms with Crippen molar-refractivity contribution in [2.75, 3.05) is 21.3 Å². The number of nitrogens with zero attached hydrogens (tertiary/aromatic N) is 1. The number of hydrogen-bond acceptors (Lipinski definition) is 5. The van der Waals surface area contributed by atoms with E-state index in [1.165, 1.54) is 0 Å². The van der Waals surface area contributed by atoms with Crippen molar-refractivity contribution in [1.29, 1.82) is 0 Å². The molecule has 0 bridgehead atoms. The van der Waals surface area contributed by atoms with E-state index in [0.29, 0.717) is 23.9 Å². The van der Waals surface area contributed by atoms with Crippen LogP contribution in [-0.2, 0) is 13.2 Å². The van der Waals surface area contributed by atoms with Gasteiger partial charge >= 0.3 is 0 Å². The molecule has 0 aliphatic rings. The molecule has 2 rings (SSSR count). The van der Waals surface area contributed by atoms with Gasteiger partial charge in [0.05, 0.1) is 19.9 Å². The van der Waals surface area contributed by atoms with Crippen molar-refractivity contribution in [2.24, 2.45) is 0 Å². The second-order valence-corrected chi connectivity index (χ2v) is 4.47. The third-order valence-electron chi connectivity index (χ3n) is 2.99. The number of benzene rings is 1. The van der Waals surface area contributed by atoms with Gasteiger partial charge in [0.25, 0.3) is 0 Å². The summed E-state index contributed by atoms with van der Waals surface area (Å²) in [7, 11) is 5.13. The fraction of sp³-hybridized carbons (Fsp3) is 0.312. The maximum Gasteiger partial charge on any atom is 0.203 e. The van der Waals surface area contributed by atoms with Crippen molar-refractivity contribution >= 4 is 0 Å². The van der Waals surface area contributed by atoms with Crippen molar-refractivity contribution < 1.29 is 14.2 Å². The molecule has 21 heavy (non-hydrogen) atoms. The minimum atomic E-state index is 0.360. The number of ether oxygens (including phenoxy) is 3. The molecule has 0 saturated heterocycles. The van der Waals surface area contributed by atoms with Gasteiger partial charge in [-0.05, 0) is 36.9 Å². The van der Waals surface area contributed by atoms with Crippen LogP contribution in [-0.4, -0.2) is 26.3 Å². The average Bonchev–Trinajstić information content (AvgIpc) is 2.54. The van der Waals surface area contributed by atoms with E-state index in [1.807, 2.05) is 37.4 Å². The minimum Gasteiger partial charge on any atom is -0.493 e. The fourth-order valence-electron chi connectivity index (χ4n) is 2.01. The zero-order chi connectivity index (χ0) is 15.1. The quantitative estimate of drug-likeness (QED) is 0.848. The molecule has 0 atom stereocenters. The number of methoxy groups -OCH3 is 2. The lowest BCUT2D eigenvalue weighted by Crippen LogP contribution is -2.07. The van der Waals surface area contributed by atoms with Crippen molar-refractivity contribution in [2.45, 2.75) is 13.2 Å². The highest BCUT2D eigenvalue weighted by Crippen LogP contribution is 2.39. The summed E-state index contributed by atoms with van der Waals surface area (Å²) in [6, 6.07) is 9.58. The molecular weight excluding hydrogens is 268 g/mol. The molecule has 0 unspecified atom stereocenters. The van der Waals surface area contributed by atoms with Crippen LogP contribution in [0, 0.1) is 0 Å². The van der Waals surface area contributed by atoms with Crippen molar-refractivity contribution in [1.82, 2.24) is 10.3 Å². The third-order valence-corrected chi connectivity index (χ3v) is 2.99. The first kappa shape index (κ1) is 15.1. The van der Waals surface area contributed by atoms with Crippen LogP contribution in [0.3, 0.4) is 0 Å². The second-order valence-electron chi connectivity index (χ2n) is 4.47. The lowest BCUT2D eigenvalue weighted by molar-refractivity contribution is 0.262. The summed E-state index contributed by atoms with van der Waals surface area (Å²) in [6.07, 6.45) is 1.74. The van der Waals surface area contributed by atoms with E-state index in [4.69, 9.17) is 14.2 Å². The zero-order valence-corrected chi connectivity index (χ0v) is 12.6. The van der Waals surface area contributed by atoms with E-state index in [-0.39, 0.29) is 0 Å². The molecule has 0 radical (unpaired) electrons. The molecule has 0 aliphatic heterocycles. The highest BCUT2D eigenvalue weighted by atomic mass is 16.5. The van der Waals surface area contributed by atoms with E-state index < -0.39 is 0 Å². The van der Waals surface area contributed by atoms with E-state index in [0.717, 1.165) is 17.8 Å². The first-order valence-corrected chi connectivity index (χ1v) is 6.70. The molecule has 1 aromatic heterocycles. The Balaban J connectivity index is 2.24. The lowest BCUT2D eigenvalue weighted by Gasteiger charge is -2.16. The fourth-order valence-corrected chi connectivity index (χ4v) is 2.01. The van der Waals surface area contributed by atoms with Gasteiger partial charge in [-0.3, -0.25) is 4.98 Å². The van der Waals surface area contributed by atoms with E-state index in [1.54, 1.807) is 20.4 Å². The van der Waals surface area contributed by atoms with Crippen molar-refractivity contribution in [3.05, 3.63) is 47.8 Å². The van der Waals surface area contributed by atoms with Gasteiger partial charge in [-0.25, -0.2) is 0 Å². The molecule has 0 spiro atoms. The molecule has 0 fully saturated rings. The lowest BCUT2D eigenvalue weighted by atomic mass is 10.2. The molecule has 1 N–H and O–H groups in total. The molecule has 1 aromatic carbocycles. The van der Waals surface area contributed by atoms with Crippen LogP contribution in [0.25, 0.3) is 0 Å². The second kappa shape index (κ2) is 7.50. The summed E-state index contributed by atoms with van der Waals surface area (Å²) in [5.74, 6) is 1.89.